The highest BCUT2D eigenvalue weighted by atomic mass is 16.7. The molecule has 2 aliphatic carbocycles. The number of quaternary nitrogens is 1. The second kappa shape index (κ2) is 12.5. The van der Waals surface area contributed by atoms with Crippen LogP contribution >= 0.6 is 0 Å². The number of fused-ring (bicyclic) bond motifs is 7. The molecular formula is C38H36N5O10+. The number of carbonyl (C=O) groups excluding carboxylic acids is 3. The fourth-order valence-corrected chi connectivity index (χ4v) is 8.81. The molecule has 6 aliphatic rings. The highest BCUT2D eigenvalue weighted by Crippen LogP contribution is 2.50. The minimum Gasteiger partial charge on any atom is -0.504 e. The van der Waals surface area contributed by atoms with E-state index in [1.165, 1.54) is 12.1 Å². The van der Waals surface area contributed by atoms with Gasteiger partial charge in [-0.15, -0.1) is 0 Å². The van der Waals surface area contributed by atoms with Crippen molar-refractivity contribution in [2.24, 2.45) is 9.98 Å². The smallest absolute Gasteiger partial charge is 0.284 e. The number of nitrogens with zero attached hydrogens (tertiary/aromatic N) is 2. The van der Waals surface area contributed by atoms with Gasteiger partial charge < -0.3 is 34.6 Å². The van der Waals surface area contributed by atoms with E-state index in [1.807, 2.05) is 24.3 Å². The number of guanidine groups is 1. The number of phenolic OH excluding ortho intramolecular Hbond substituents is 1. The lowest BCUT2D eigenvalue weighted by atomic mass is 9.79. The number of carbonyl (C=O) groups is 3. The van der Waals surface area contributed by atoms with E-state index in [1.54, 1.807) is 18.2 Å². The number of aromatic hydroxyl groups is 1. The number of ether oxygens (including phenoxy) is 3. The van der Waals surface area contributed by atoms with Gasteiger partial charge in [-0.05, 0) is 31.4 Å². The molecule has 2 bridgehead atoms. The molecule has 7 atom stereocenters. The molecule has 1 saturated heterocycles. The maximum atomic E-state index is 14.1. The van der Waals surface area contributed by atoms with Crippen LogP contribution in [0.25, 0.3) is 0 Å². The van der Waals surface area contributed by atoms with E-state index in [2.05, 4.69) is 15.3 Å². The summed E-state index contributed by atoms with van der Waals surface area (Å²) in [6.07, 6.45) is -4.94. The van der Waals surface area contributed by atoms with Gasteiger partial charge in [0.25, 0.3) is 11.7 Å². The second-order valence-corrected chi connectivity index (χ2v) is 14.2. The summed E-state index contributed by atoms with van der Waals surface area (Å²) in [6.45, 7) is 0.188. The second-order valence-electron chi connectivity index (χ2n) is 14.2. The number of phenols is 1. The summed E-state index contributed by atoms with van der Waals surface area (Å²) in [7, 11) is 0. The maximum absolute atomic E-state index is 14.1. The lowest BCUT2D eigenvalue weighted by Gasteiger charge is -2.47. The molecule has 2 fully saturated rings. The van der Waals surface area contributed by atoms with Gasteiger partial charge in [0.15, 0.2) is 29.7 Å². The topological polar surface area (TPSA) is 225 Å². The standard InChI is InChI=1S/C38H35N5O10/c39-37-41-34-25(35(50)42-37)40-16-43(34)23-10-4-3-7-18(23)17-11-14-51-38(12-5-6-13-38)33-30(48)29(47)31(49)36(53-33)52-32-21(17)15-22-24(28(32)46)27(45)20-9-2-1-8-19(20)26(22)44/h1-4,7-10,15,17,29-31,33,36,46-49H,5-6,11-14,16H2,(H2,39,42,50)/p+1/t17-,29+,30+,31-,33+,36-/m0/s1. The number of aliphatic hydroxyl groups excluding tert-OH is 3. The number of amides is 1. The van der Waals surface area contributed by atoms with Crippen LogP contribution in [0, 0.1) is 5.41 Å². The number of ketones is 2. The molecule has 4 heterocycles. The molecule has 1 unspecified atom stereocenters. The predicted molar refractivity (Wildman–Crippen MR) is 185 cm³/mol. The molecule has 0 radical (unpaired) electrons. The van der Waals surface area contributed by atoms with Gasteiger partial charge in [0.2, 0.25) is 18.0 Å². The zero-order valence-electron chi connectivity index (χ0n) is 28.2. The summed E-state index contributed by atoms with van der Waals surface area (Å²) in [6, 6.07) is 15.2. The van der Waals surface area contributed by atoms with E-state index in [0.717, 1.165) is 12.8 Å². The number of aliphatic hydroxyl groups is 3. The van der Waals surface area contributed by atoms with Crippen LogP contribution in [0.15, 0.2) is 64.6 Å². The third-order valence-corrected chi connectivity index (χ3v) is 11.4. The quantitative estimate of drug-likeness (QED) is 0.153. The number of hydrogen-bond donors (Lipinski definition) is 7. The number of para-hydroxylation sites is 1. The molecular weight excluding hydrogens is 686 g/mol. The third-order valence-electron chi connectivity index (χ3n) is 11.4. The van der Waals surface area contributed by atoms with Crippen LogP contribution in [-0.2, 0) is 14.3 Å². The maximum Gasteiger partial charge on any atom is 0.284 e. The molecule has 9 rings (SSSR count). The number of hydrogen-bond acceptors (Lipinski definition) is 12. The molecule has 53 heavy (non-hydrogen) atoms. The van der Waals surface area contributed by atoms with E-state index in [0.29, 0.717) is 29.0 Å². The van der Waals surface area contributed by atoms with Crippen LogP contribution in [0.4, 0.5) is 5.69 Å². The number of aliphatic imine (C=N–C) groups is 2. The molecule has 7 N–H and O–H groups in total. The molecule has 4 aliphatic heterocycles. The van der Waals surface area contributed by atoms with Gasteiger partial charge in [0.05, 0.1) is 11.2 Å². The van der Waals surface area contributed by atoms with Gasteiger partial charge in [-0.3, -0.25) is 25.1 Å². The van der Waals surface area contributed by atoms with Crippen molar-refractivity contribution in [3.8, 4) is 11.5 Å². The Morgan fingerprint density at radius 1 is 0.887 bits per heavy atom. The van der Waals surface area contributed by atoms with Crippen molar-refractivity contribution in [2.45, 2.75) is 74.3 Å². The Hall–Kier alpha value is -5.16. The molecule has 15 heteroatoms. The minimum atomic E-state index is -1.78. The van der Waals surface area contributed by atoms with E-state index in [9.17, 15) is 34.8 Å². The molecule has 3 aromatic rings. The molecule has 272 valence electrons. The average Bonchev–Trinajstić information content (AvgIpc) is 3.81. The highest BCUT2D eigenvalue weighted by Gasteiger charge is 2.56. The van der Waals surface area contributed by atoms with Crippen molar-refractivity contribution in [1.29, 1.82) is 5.41 Å². The van der Waals surface area contributed by atoms with Gasteiger partial charge >= 0.3 is 0 Å². The third kappa shape index (κ3) is 5.10. The Morgan fingerprint density at radius 2 is 1.60 bits per heavy atom. The van der Waals surface area contributed by atoms with Crippen LogP contribution in [0.3, 0.4) is 0 Å². The SMILES string of the molecule is N=C1N=C2C(=NC[NH+]2c2ccccc2[C@@H]2CCOC3(CCCC3)[C@@H]3O[C@H](Oc4c2cc2c(c4O)C(=O)c4ccccc4C2=O)[C@@H](O)[C@H](O)[C@H]3O)C(=O)N1. The highest BCUT2D eigenvalue weighted by molar-refractivity contribution is 6.68. The fraction of sp³-hybridized carbons (Fsp3) is 0.368. The van der Waals surface area contributed by atoms with Crippen LogP contribution in [0.5, 0.6) is 11.5 Å². The van der Waals surface area contributed by atoms with Crippen molar-refractivity contribution in [3.05, 3.63) is 88.0 Å². The van der Waals surface area contributed by atoms with Crippen molar-refractivity contribution in [3.63, 3.8) is 0 Å². The zero-order valence-corrected chi connectivity index (χ0v) is 28.2. The Bertz CT molecular complexity index is 2180. The number of benzene rings is 3. The lowest BCUT2D eigenvalue weighted by molar-refractivity contribution is -0.723. The predicted octanol–water partition coefficient (Wildman–Crippen LogP) is 0.611. The van der Waals surface area contributed by atoms with Gasteiger partial charge in [-0.25, -0.2) is 9.89 Å². The van der Waals surface area contributed by atoms with Crippen LogP contribution in [0.1, 0.15) is 81.0 Å². The number of nitrogens with one attached hydrogen (secondary N) is 3. The molecule has 1 amide bonds. The van der Waals surface area contributed by atoms with Gasteiger partial charge in [0, 0.05) is 40.3 Å². The number of rotatable bonds is 2. The van der Waals surface area contributed by atoms with Crippen molar-refractivity contribution < 1.29 is 53.9 Å². The van der Waals surface area contributed by atoms with Gasteiger partial charge in [0.1, 0.15) is 30.1 Å². The Balaban J connectivity index is 1.26. The summed E-state index contributed by atoms with van der Waals surface area (Å²) in [4.78, 5) is 50.1. The molecule has 3 aromatic carbocycles. The summed E-state index contributed by atoms with van der Waals surface area (Å²) in [5, 5.41) is 56.2. The molecule has 15 nitrogen and oxygen atoms in total. The number of amidine groups is 1. The van der Waals surface area contributed by atoms with E-state index >= 15 is 0 Å². The van der Waals surface area contributed by atoms with E-state index in [-0.39, 0.29) is 70.8 Å². The van der Waals surface area contributed by atoms with Crippen LogP contribution in [0.2, 0.25) is 0 Å². The molecule has 1 saturated carbocycles. The van der Waals surface area contributed by atoms with Crippen molar-refractivity contribution >= 4 is 40.7 Å². The monoisotopic (exact) mass is 722 g/mol. The first-order valence-electron chi connectivity index (χ1n) is 17.7. The Labute approximate surface area is 302 Å². The van der Waals surface area contributed by atoms with Crippen LogP contribution < -0.4 is 15.0 Å². The molecule has 1 spiro atoms. The van der Waals surface area contributed by atoms with Gasteiger partial charge in [-0.1, -0.05) is 55.3 Å². The zero-order chi connectivity index (χ0) is 36.8. The minimum absolute atomic E-state index is 0.0431. The first-order chi connectivity index (χ1) is 25.6. The Morgan fingerprint density at radius 3 is 2.38 bits per heavy atom. The average molecular weight is 723 g/mol. The fourth-order valence-electron chi connectivity index (χ4n) is 8.81. The summed E-state index contributed by atoms with van der Waals surface area (Å²) in [5.74, 6) is -3.29. The lowest BCUT2D eigenvalue weighted by Crippen LogP contribution is -3.09. The first-order valence-corrected chi connectivity index (χ1v) is 17.7. The molecule has 0 aromatic heterocycles. The van der Waals surface area contributed by atoms with E-state index < -0.39 is 65.4 Å². The van der Waals surface area contributed by atoms with Crippen LogP contribution in [-0.4, -0.2) is 105 Å². The largest absolute Gasteiger partial charge is 0.504 e. The van der Waals surface area contributed by atoms with Crippen molar-refractivity contribution in [2.75, 3.05) is 13.3 Å². The van der Waals surface area contributed by atoms with E-state index in [4.69, 9.17) is 19.6 Å². The summed E-state index contributed by atoms with van der Waals surface area (Å²) in [5.41, 5.74) is 0.606. The Kier molecular flexibility index (Phi) is 7.92. The first kappa shape index (κ1) is 33.7. The summed E-state index contributed by atoms with van der Waals surface area (Å²) < 4.78 is 19.3. The van der Waals surface area contributed by atoms with Crippen molar-refractivity contribution in [1.82, 2.24) is 5.32 Å². The normalized spacial score (nSPS) is 30.2. The summed E-state index contributed by atoms with van der Waals surface area (Å²) >= 11 is 0. The van der Waals surface area contributed by atoms with Gasteiger partial charge in [-0.2, -0.15) is 4.99 Å².